The van der Waals surface area contributed by atoms with Crippen molar-refractivity contribution in [3.05, 3.63) is 24.2 Å². The summed E-state index contributed by atoms with van der Waals surface area (Å²) in [6.07, 6.45) is 7.12. The summed E-state index contributed by atoms with van der Waals surface area (Å²) in [5.41, 5.74) is 6.33. The van der Waals surface area contributed by atoms with Crippen LogP contribution in [0.15, 0.2) is 18.6 Å². The molecule has 0 radical (unpaired) electrons. The van der Waals surface area contributed by atoms with Crippen molar-refractivity contribution < 1.29 is 0 Å². The highest BCUT2D eigenvalue weighted by Gasteiger charge is 2.29. The van der Waals surface area contributed by atoms with Crippen molar-refractivity contribution in [2.45, 2.75) is 25.8 Å². The van der Waals surface area contributed by atoms with E-state index < -0.39 is 0 Å². The number of hydrogen-bond acceptors (Lipinski definition) is 6. The van der Waals surface area contributed by atoms with Crippen LogP contribution in [-0.2, 0) is 0 Å². The molecule has 1 unspecified atom stereocenters. The van der Waals surface area contributed by atoms with E-state index in [0.29, 0.717) is 23.1 Å². The van der Waals surface area contributed by atoms with Gasteiger partial charge >= 0.3 is 0 Å². The fourth-order valence-corrected chi connectivity index (χ4v) is 2.15. The summed E-state index contributed by atoms with van der Waals surface area (Å²) in [7, 11) is 0. The molecule has 1 atom stereocenters. The minimum Gasteiger partial charge on any atom is -0.382 e. The summed E-state index contributed by atoms with van der Waals surface area (Å²) in [5, 5.41) is 16.9. The molecule has 2 heterocycles. The van der Waals surface area contributed by atoms with Crippen LogP contribution >= 0.6 is 0 Å². The summed E-state index contributed by atoms with van der Waals surface area (Å²) >= 11 is 0. The predicted molar refractivity (Wildman–Crippen MR) is 74.1 cm³/mol. The average molecular weight is 269 g/mol. The molecule has 0 aliphatic heterocycles. The van der Waals surface area contributed by atoms with E-state index in [1.807, 2.05) is 0 Å². The highest BCUT2D eigenvalue weighted by Crippen LogP contribution is 2.34. The van der Waals surface area contributed by atoms with Crippen LogP contribution in [0.3, 0.4) is 0 Å². The van der Waals surface area contributed by atoms with E-state index in [9.17, 15) is 5.26 Å². The van der Waals surface area contributed by atoms with Crippen LogP contribution in [0.2, 0.25) is 0 Å². The second-order valence-electron chi connectivity index (χ2n) is 4.97. The van der Waals surface area contributed by atoms with E-state index >= 15 is 0 Å². The topological polar surface area (TPSA) is 105 Å². The summed E-state index contributed by atoms with van der Waals surface area (Å²) in [4.78, 5) is 8.13. The van der Waals surface area contributed by atoms with E-state index in [-0.39, 0.29) is 11.9 Å². The number of nitrogens with two attached hydrogens (primary N) is 1. The molecule has 0 saturated heterocycles. The highest BCUT2D eigenvalue weighted by atomic mass is 15.4. The van der Waals surface area contributed by atoms with Gasteiger partial charge in [-0.15, -0.1) is 5.10 Å². The number of hydrogen-bond donors (Lipinski definition) is 2. The Balaban J connectivity index is 1.97. The van der Waals surface area contributed by atoms with Gasteiger partial charge in [0.15, 0.2) is 11.6 Å². The number of nitrogens with zero attached hydrogens (tertiary/aromatic N) is 5. The van der Waals surface area contributed by atoms with Crippen molar-refractivity contribution in [3.8, 4) is 11.9 Å². The first-order valence-corrected chi connectivity index (χ1v) is 6.52. The molecule has 0 aromatic carbocycles. The second-order valence-corrected chi connectivity index (χ2v) is 4.97. The molecule has 1 aliphatic carbocycles. The first-order valence-electron chi connectivity index (χ1n) is 6.52. The zero-order valence-corrected chi connectivity index (χ0v) is 11.1. The molecule has 1 aliphatic rings. The molecule has 1 saturated carbocycles. The zero-order valence-electron chi connectivity index (χ0n) is 11.1. The van der Waals surface area contributed by atoms with Gasteiger partial charge in [0.25, 0.3) is 0 Å². The van der Waals surface area contributed by atoms with Gasteiger partial charge in [0.2, 0.25) is 0 Å². The van der Waals surface area contributed by atoms with Crippen molar-refractivity contribution in [1.82, 2.24) is 19.7 Å². The molecule has 0 spiro atoms. The lowest BCUT2D eigenvalue weighted by Gasteiger charge is -2.11. The van der Waals surface area contributed by atoms with Crippen LogP contribution in [0.1, 0.15) is 25.3 Å². The lowest BCUT2D eigenvalue weighted by atomic mass is 10.2. The smallest absolute Gasteiger partial charge is 0.174 e. The average Bonchev–Trinajstić information content (AvgIpc) is 3.26. The van der Waals surface area contributed by atoms with Crippen molar-refractivity contribution in [1.29, 1.82) is 5.26 Å². The Morgan fingerprint density at radius 1 is 1.50 bits per heavy atom. The van der Waals surface area contributed by atoms with E-state index in [1.165, 1.54) is 17.5 Å². The van der Waals surface area contributed by atoms with E-state index in [2.05, 4.69) is 33.4 Å². The van der Waals surface area contributed by atoms with Gasteiger partial charge in [-0.3, -0.25) is 4.98 Å². The van der Waals surface area contributed by atoms with Gasteiger partial charge in [-0.05, 0) is 25.7 Å². The van der Waals surface area contributed by atoms with Crippen molar-refractivity contribution >= 4 is 11.6 Å². The third-order valence-electron chi connectivity index (χ3n) is 3.49. The van der Waals surface area contributed by atoms with E-state index in [1.54, 1.807) is 18.6 Å². The fourth-order valence-electron chi connectivity index (χ4n) is 2.15. The van der Waals surface area contributed by atoms with E-state index in [4.69, 9.17) is 5.73 Å². The Morgan fingerprint density at radius 2 is 2.30 bits per heavy atom. The maximum Gasteiger partial charge on any atom is 0.174 e. The van der Waals surface area contributed by atoms with Gasteiger partial charge in [-0.1, -0.05) is 0 Å². The third kappa shape index (κ3) is 2.16. The number of rotatable bonds is 4. The Hall–Kier alpha value is -2.62. The third-order valence-corrected chi connectivity index (χ3v) is 3.49. The SMILES string of the molecule is CC(Nc1nn(-c2cnccn2)c(N)c1C#N)C1CC1. The Morgan fingerprint density at radius 3 is 2.90 bits per heavy atom. The minimum atomic E-state index is 0.276. The van der Waals surface area contributed by atoms with Gasteiger partial charge in [0, 0.05) is 18.4 Å². The first-order chi connectivity index (χ1) is 9.70. The number of nitriles is 1. The van der Waals surface area contributed by atoms with Crippen LogP contribution in [0.4, 0.5) is 11.6 Å². The van der Waals surface area contributed by atoms with Crippen LogP contribution in [0, 0.1) is 17.2 Å². The number of nitrogen functional groups attached to an aromatic ring is 1. The maximum absolute atomic E-state index is 9.27. The summed E-state index contributed by atoms with van der Waals surface area (Å²) < 4.78 is 1.44. The molecule has 0 amide bonds. The van der Waals surface area contributed by atoms with E-state index in [0.717, 1.165) is 0 Å². The monoisotopic (exact) mass is 269 g/mol. The zero-order chi connectivity index (χ0) is 14.1. The van der Waals surface area contributed by atoms with Gasteiger partial charge < -0.3 is 11.1 Å². The van der Waals surface area contributed by atoms with Crippen LogP contribution < -0.4 is 11.1 Å². The number of aromatic nitrogens is 4. The van der Waals surface area contributed by atoms with Gasteiger partial charge in [0.05, 0.1) is 6.20 Å². The molecule has 102 valence electrons. The minimum absolute atomic E-state index is 0.276. The molecule has 3 N–H and O–H groups in total. The predicted octanol–water partition coefficient (Wildman–Crippen LogP) is 1.33. The van der Waals surface area contributed by atoms with Crippen LogP contribution in [0.5, 0.6) is 0 Å². The molecular weight excluding hydrogens is 254 g/mol. The Bertz CT molecular complexity index is 651. The standard InChI is InChI=1S/C13H15N7/c1-8(9-2-3-9)18-13-10(6-14)12(15)20(19-13)11-7-16-4-5-17-11/h4-5,7-9H,2-3,15H2,1H3,(H,18,19). The molecule has 2 aromatic rings. The Kier molecular flexibility index (Phi) is 2.99. The van der Waals surface area contributed by atoms with Crippen molar-refractivity contribution in [2.24, 2.45) is 5.92 Å². The quantitative estimate of drug-likeness (QED) is 0.867. The molecule has 20 heavy (non-hydrogen) atoms. The first kappa shape index (κ1) is 12.4. The summed E-state index contributed by atoms with van der Waals surface area (Å²) in [5.74, 6) is 1.94. The molecule has 1 fully saturated rings. The lowest BCUT2D eigenvalue weighted by molar-refractivity contribution is 0.687. The molecule has 7 nitrogen and oxygen atoms in total. The largest absolute Gasteiger partial charge is 0.382 e. The number of anilines is 2. The second kappa shape index (κ2) is 4.81. The molecule has 7 heteroatoms. The van der Waals surface area contributed by atoms with Crippen LogP contribution in [-0.4, -0.2) is 25.8 Å². The summed E-state index contributed by atoms with van der Waals surface area (Å²) in [6, 6.07) is 2.38. The summed E-state index contributed by atoms with van der Waals surface area (Å²) in [6.45, 7) is 2.09. The normalized spacial score (nSPS) is 15.6. The fraction of sp³-hybridized carbons (Fsp3) is 0.385. The van der Waals surface area contributed by atoms with Gasteiger partial charge in [0.1, 0.15) is 17.5 Å². The Labute approximate surface area is 116 Å². The molecular formula is C13H15N7. The lowest BCUT2D eigenvalue weighted by Crippen LogP contribution is -2.18. The maximum atomic E-state index is 9.27. The van der Waals surface area contributed by atoms with Crippen molar-refractivity contribution in [3.63, 3.8) is 0 Å². The van der Waals surface area contributed by atoms with Gasteiger partial charge in [-0.2, -0.15) is 9.94 Å². The van der Waals surface area contributed by atoms with Gasteiger partial charge in [-0.25, -0.2) is 4.98 Å². The van der Waals surface area contributed by atoms with Crippen molar-refractivity contribution in [2.75, 3.05) is 11.1 Å². The molecule has 0 bridgehead atoms. The molecule has 3 rings (SSSR count). The number of nitrogens with one attached hydrogen (secondary N) is 1. The van der Waals surface area contributed by atoms with Crippen LogP contribution in [0.25, 0.3) is 5.82 Å². The molecule has 2 aromatic heterocycles. The highest BCUT2D eigenvalue weighted by molar-refractivity contribution is 5.65.